The highest BCUT2D eigenvalue weighted by atomic mass is 15.0. The largest absolute Gasteiger partial charge is 0.307 e. The molecule has 1 aromatic carbocycles. The van der Waals surface area contributed by atoms with Crippen LogP contribution in [0.25, 0.3) is 0 Å². The molecule has 2 aliphatic rings. The van der Waals surface area contributed by atoms with Gasteiger partial charge in [-0.25, -0.2) is 0 Å². The maximum absolute atomic E-state index is 3.93. The van der Waals surface area contributed by atoms with Crippen LogP contribution < -0.4 is 5.32 Å². The minimum Gasteiger partial charge on any atom is -0.307 e. The zero-order chi connectivity index (χ0) is 14.9. The number of fused-ring (bicyclic) bond motifs is 1. The summed E-state index contributed by atoms with van der Waals surface area (Å²) in [5, 5.41) is 3.93. The number of aryl methyl sites for hydroxylation is 2. The van der Waals surface area contributed by atoms with Crippen molar-refractivity contribution < 1.29 is 0 Å². The van der Waals surface area contributed by atoms with E-state index in [2.05, 4.69) is 44.3 Å². The molecule has 1 N–H and O–H groups in total. The maximum Gasteiger partial charge on any atom is 0.0294 e. The van der Waals surface area contributed by atoms with Crippen molar-refractivity contribution in [2.24, 2.45) is 5.41 Å². The first kappa shape index (κ1) is 15.1. The molecule has 0 radical (unpaired) electrons. The highest BCUT2D eigenvalue weighted by molar-refractivity contribution is 5.35. The number of nitrogens with one attached hydrogen (secondary N) is 1. The fourth-order valence-electron chi connectivity index (χ4n) is 4.22. The molecule has 1 fully saturated rings. The zero-order valence-electron chi connectivity index (χ0n) is 14.0. The SMILES string of the molecule is CC(NC1CCCCC1(C)C)c1ccc2c(c1)CCCC2. The van der Waals surface area contributed by atoms with Crippen LogP contribution in [0.15, 0.2) is 18.2 Å². The lowest BCUT2D eigenvalue weighted by Gasteiger charge is -2.41. The summed E-state index contributed by atoms with van der Waals surface area (Å²) in [6.07, 6.45) is 10.8. The summed E-state index contributed by atoms with van der Waals surface area (Å²) in [5.41, 5.74) is 5.13. The van der Waals surface area contributed by atoms with Gasteiger partial charge in [0.1, 0.15) is 0 Å². The van der Waals surface area contributed by atoms with Gasteiger partial charge in [0.25, 0.3) is 0 Å². The Labute approximate surface area is 130 Å². The average Bonchev–Trinajstić information content (AvgIpc) is 2.48. The minimum atomic E-state index is 0.445. The summed E-state index contributed by atoms with van der Waals surface area (Å²) in [5.74, 6) is 0. The second-order valence-electron chi connectivity index (χ2n) is 7.91. The van der Waals surface area contributed by atoms with Gasteiger partial charge in [-0.3, -0.25) is 0 Å². The molecule has 1 saturated carbocycles. The summed E-state index contributed by atoms with van der Waals surface area (Å²) in [4.78, 5) is 0. The van der Waals surface area contributed by atoms with Crippen LogP contribution in [0.5, 0.6) is 0 Å². The summed E-state index contributed by atoms with van der Waals surface area (Å²) in [6, 6.07) is 8.35. The molecule has 21 heavy (non-hydrogen) atoms. The number of benzene rings is 1. The van der Waals surface area contributed by atoms with Gasteiger partial charge in [0.15, 0.2) is 0 Å². The zero-order valence-corrected chi connectivity index (χ0v) is 14.0. The van der Waals surface area contributed by atoms with E-state index in [4.69, 9.17) is 0 Å². The third kappa shape index (κ3) is 3.34. The van der Waals surface area contributed by atoms with Gasteiger partial charge in [-0.1, -0.05) is 44.9 Å². The first-order chi connectivity index (χ1) is 10.1. The van der Waals surface area contributed by atoms with E-state index in [0.717, 1.165) is 0 Å². The van der Waals surface area contributed by atoms with E-state index < -0.39 is 0 Å². The van der Waals surface area contributed by atoms with E-state index in [1.54, 1.807) is 11.1 Å². The van der Waals surface area contributed by atoms with Gasteiger partial charge >= 0.3 is 0 Å². The Morgan fingerprint density at radius 2 is 1.81 bits per heavy atom. The van der Waals surface area contributed by atoms with Crippen molar-refractivity contribution in [2.45, 2.75) is 84.2 Å². The molecule has 1 nitrogen and oxygen atoms in total. The van der Waals surface area contributed by atoms with Gasteiger partial charge in [0, 0.05) is 12.1 Å². The first-order valence-electron chi connectivity index (χ1n) is 8.94. The molecule has 0 spiro atoms. The van der Waals surface area contributed by atoms with Crippen LogP contribution in [0, 0.1) is 5.41 Å². The quantitative estimate of drug-likeness (QED) is 0.806. The van der Waals surface area contributed by atoms with Crippen molar-refractivity contribution in [1.29, 1.82) is 0 Å². The molecule has 0 aliphatic heterocycles. The molecule has 0 bridgehead atoms. The molecule has 2 atom stereocenters. The lowest BCUT2D eigenvalue weighted by atomic mass is 9.73. The molecule has 0 heterocycles. The number of rotatable bonds is 3. The highest BCUT2D eigenvalue weighted by Gasteiger charge is 2.32. The van der Waals surface area contributed by atoms with Gasteiger partial charge in [-0.05, 0) is 67.6 Å². The maximum atomic E-state index is 3.93. The number of hydrogen-bond acceptors (Lipinski definition) is 1. The van der Waals surface area contributed by atoms with Crippen LogP contribution in [-0.2, 0) is 12.8 Å². The molecule has 1 heteroatoms. The molecule has 3 rings (SSSR count). The molecule has 1 aromatic rings. The monoisotopic (exact) mass is 285 g/mol. The van der Waals surface area contributed by atoms with E-state index >= 15 is 0 Å². The summed E-state index contributed by atoms with van der Waals surface area (Å²) < 4.78 is 0. The Kier molecular flexibility index (Phi) is 4.40. The molecule has 0 saturated heterocycles. The van der Waals surface area contributed by atoms with Crippen LogP contribution in [0.1, 0.15) is 82.0 Å². The Morgan fingerprint density at radius 3 is 2.57 bits per heavy atom. The second-order valence-corrected chi connectivity index (χ2v) is 7.91. The van der Waals surface area contributed by atoms with Crippen molar-refractivity contribution in [3.63, 3.8) is 0 Å². The van der Waals surface area contributed by atoms with Gasteiger partial charge in [0.2, 0.25) is 0 Å². The van der Waals surface area contributed by atoms with Crippen molar-refractivity contribution in [2.75, 3.05) is 0 Å². The van der Waals surface area contributed by atoms with Crippen LogP contribution in [0.4, 0.5) is 0 Å². The topological polar surface area (TPSA) is 12.0 Å². The fourth-order valence-corrected chi connectivity index (χ4v) is 4.22. The van der Waals surface area contributed by atoms with Gasteiger partial charge in [-0.2, -0.15) is 0 Å². The predicted octanol–water partition coefficient (Wildman–Crippen LogP) is 5.18. The minimum absolute atomic E-state index is 0.445. The van der Waals surface area contributed by atoms with Crippen molar-refractivity contribution in [1.82, 2.24) is 5.32 Å². The molecule has 116 valence electrons. The van der Waals surface area contributed by atoms with E-state index in [-0.39, 0.29) is 0 Å². The Morgan fingerprint density at radius 1 is 1.05 bits per heavy atom. The Bertz CT molecular complexity index is 489. The Hall–Kier alpha value is -0.820. The molecular weight excluding hydrogens is 254 g/mol. The van der Waals surface area contributed by atoms with Crippen molar-refractivity contribution in [3.8, 4) is 0 Å². The first-order valence-corrected chi connectivity index (χ1v) is 8.94. The van der Waals surface area contributed by atoms with Crippen LogP contribution in [-0.4, -0.2) is 6.04 Å². The normalized spacial score (nSPS) is 26.1. The second kappa shape index (κ2) is 6.12. The van der Waals surface area contributed by atoms with E-state index in [0.29, 0.717) is 17.5 Å². The van der Waals surface area contributed by atoms with Crippen molar-refractivity contribution >= 4 is 0 Å². The summed E-state index contributed by atoms with van der Waals surface area (Å²) in [6.45, 7) is 7.21. The summed E-state index contributed by atoms with van der Waals surface area (Å²) in [7, 11) is 0. The van der Waals surface area contributed by atoms with Gasteiger partial charge in [0.05, 0.1) is 0 Å². The van der Waals surface area contributed by atoms with Gasteiger partial charge < -0.3 is 5.32 Å². The van der Waals surface area contributed by atoms with Crippen LogP contribution in [0.3, 0.4) is 0 Å². The molecule has 0 amide bonds. The lowest BCUT2D eigenvalue weighted by molar-refractivity contribution is 0.157. The fraction of sp³-hybridized carbons (Fsp3) is 0.700. The van der Waals surface area contributed by atoms with E-state index in [1.807, 2.05) is 0 Å². The van der Waals surface area contributed by atoms with Crippen LogP contribution in [0.2, 0.25) is 0 Å². The lowest BCUT2D eigenvalue weighted by Crippen LogP contribution is -2.45. The van der Waals surface area contributed by atoms with E-state index in [1.165, 1.54) is 56.9 Å². The van der Waals surface area contributed by atoms with E-state index in [9.17, 15) is 0 Å². The molecule has 0 aromatic heterocycles. The third-order valence-electron chi connectivity index (χ3n) is 5.83. The standard InChI is InChI=1S/C20H31N/c1-15(21-19-10-6-7-13-20(19,2)3)17-12-11-16-8-4-5-9-18(16)14-17/h11-12,14-15,19,21H,4-10,13H2,1-3H3. The predicted molar refractivity (Wildman–Crippen MR) is 90.7 cm³/mol. The molecular formula is C20H31N. The number of hydrogen-bond donors (Lipinski definition) is 1. The molecule has 2 unspecified atom stereocenters. The average molecular weight is 285 g/mol. The van der Waals surface area contributed by atoms with Gasteiger partial charge in [-0.15, -0.1) is 0 Å². The van der Waals surface area contributed by atoms with Crippen LogP contribution >= 0.6 is 0 Å². The summed E-state index contributed by atoms with van der Waals surface area (Å²) >= 11 is 0. The van der Waals surface area contributed by atoms with Crippen molar-refractivity contribution in [3.05, 3.63) is 34.9 Å². The third-order valence-corrected chi connectivity index (χ3v) is 5.83. The Balaban J connectivity index is 1.71. The smallest absolute Gasteiger partial charge is 0.0294 e. The highest BCUT2D eigenvalue weighted by Crippen LogP contribution is 2.36. The molecule has 2 aliphatic carbocycles.